The van der Waals surface area contributed by atoms with Gasteiger partial charge in [-0.2, -0.15) is 0 Å². The molecule has 0 radical (unpaired) electrons. The van der Waals surface area contributed by atoms with E-state index in [2.05, 4.69) is 19.2 Å². The van der Waals surface area contributed by atoms with Crippen molar-refractivity contribution < 1.29 is 4.21 Å². The van der Waals surface area contributed by atoms with Crippen LogP contribution in [0, 0.1) is 5.92 Å². The van der Waals surface area contributed by atoms with Crippen LogP contribution in [-0.2, 0) is 10.8 Å². The van der Waals surface area contributed by atoms with Crippen molar-refractivity contribution in [3.05, 3.63) is 0 Å². The minimum absolute atomic E-state index is 0.452. The van der Waals surface area contributed by atoms with E-state index in [4.69, 9.17) is 0 Å². The van der Waals surface area contributed by atoms with Gasteiger partial charge in [-0.1, -0.05) is 33.6 Å². The van der Waals surface area contributed by atoms with E-state index in [0.717, 1.165) is 24.6 Å². The van der Waals surface area contributed by atoms with E-state index in [-0.39, 0.29) is 0 Å². The molecule has 16 heavy (non-hydrogen) atoms. The first-order chi connectivity index (χ1) is 7.67. The van der Waals surface area contributed by atoms with Crippen LogP contribution in [0.2, 0.25) is 0 Å². The predicted molar refractivity (Wildman–Crippen MR) is 72.2 cm³/mol. The molecule has 2 nitrogen and oxygen atoms in total. The van der Waals surface area contributed by atoms with Gasteiger partial charge in [-0.05, 0) is 31.7 Å². The number of hydrogen-bond acceptors (Lipinski definition) is 2. The Balaban J connectivity index is 2.30. The van der Waals surface area contributed by atoms with Gasteiger partial charge in [0.1, 0.15) is 0 Å². The SMILES string of the molecule is CCC(C)CNC1CCCC(S(=O)CC)C1. The maximum atomic E-state index is 11.8. The number of hydrogen-bond donors (Lipinski definition) is 1. The molecule has 0 aromatic heterocycles. The quantitative estimate of drug-likeness (QED) is 0.779. The van der Waals surface area contributed by atoms with Crippen molar-refractivity contribution in [2.45, 2.75) is 64.2 Å². The van der Waals surface area contributed by atoms with Crippen molar-refractivity contribution >= 4 is 10.8 Å². The molecule has 0 aromatic rings. The summed E-state index contributed by atoms with van der Waals surface area (Å²) in [5, 5.41) is 4.10. The molecule has 1 N–H and O–H groups in total. The molecule has 1 saturated carbocycles. The Morgan fingerprint density at radius 3 is 2.75 bits per heavy atom. The fourth-order valence-corrected chi connectivity index (χ4v) is 3.66. The lowest BCUT2D eigenvalue weighted by atomic mass is 9.94. The largest absolute Gasteiger partial charge is 0.314 e. The van der Waals surface area contributed by atoms with Crippen LogP contribution in [0.15, 0.2) is 0 Å². The minimum Gasteiger partial charge on any atom is -0.314 e. The Bertz CT molecular complexity index is 220. The van der Waals surface area contributed by atoms with Gasteiger partial charge in [-0.3, -0.25) is 4.21 Å². The lowest BCUT2D eigenvalue weighted by Gasteiger charge is -2.30. The van der Waals surface area contributed by atoms with Gasteiger partial charge >= 0.3 is 0 Å². The third kappa shape index (κ3) is 4.54. The fourth-order valence-electron chi connectivity index (χ4n) is 2.32. The van der Waals surface area contributed by atoms with Crippen LogP contribution in [0.4, 0.5) is 0 Å². The van der Waals surface area contributed by atoms with Gasteiger partial charge in [-0.25, -0.2) is 0 Å². The van der Waals surface area contributed by atoms with Gasteiger partial charge in [0.15, 0.2) is 0 Å². The molecule has 1 aliphatic carbocycles. The average Bonchev–Trinajstić information content (AvgIpc) is 2.35. The van der Waals surface area contributed by atoms with Gasteiger partial charge in [-0.15, -0.1) is 0 Å². The van der Waals surface area contributed by atoms with Crippen LogP contribution in [0.5, 0.6) is 0 Å². The van der Waals surface area contributed by atoms with Gasteiger partial charge in [0.25, 0.3) is 0 Å². The molecule has 0 aromatic carbocycles. The summed E-state index contributed by atoms with van der Waals surface area (Å²) >= 11 is 0. The second kappa shape index (κ2) is 7.44. The van der Waals surface area contributed by atoms with Crippen LogP contribution in [0.3, 0.4) is 0 Å². The second-order valence-corrected chi connectivity index (χ2v) is 7.08. The smallest absolute Gasteiger partial charge is 0.0362 e. The molecule has 0 spiro atoms. The summed E-state index contributed by atoms with van der Waals surface area (Å²) in [4.78, 5) is 0. The Morgan fingerprint density at radius 1 is 1.38 bits per heavy atom. The van der Waals surface area contributed by atoms with Crippen LogP contribution in [0.25, 0.3) is 0 Å². The molecule has 0 amide bonds. The Labute approximate surface area is 103 Å². The first-order valence-corrected chi connectivity index (χ1v) is 8.16. The Kier molecular flexibility index (Phi) is 6.59. The molecule has 4 unspecified atom stereocenters. The monoisotopic (exact) mass is 245 g/mol. The molecule has 0 bridgehead atoms. The highest BCUT2D eigenvalue weighted by molar-refractivity contribution is 7.85. The normalized spacial score (nSPS) is 29.9. The van der Waals surface area contributed by atoms with Crippen molar-refractivity contribution in [3.63, 3.8) is 0 Å². The number of rotatable bonds is 6. The van der Waals surface area contributed by atoms with Crippen molar-refractivity contribution in [1.82, 2.24) is 5.32 Å². The fraction of sp³-hybridized carbons (Fsp3) is 1.00. The Hall–Kier alpha value is 0.110. The summed E-state index contributed by atoms with van der Waals surface area (Å²) in [5.74, 6) is 1.58. The number of nitrogens with one attached hydrogen (secondary N) is 1. The van der Waals surface area contributed by atoms with Crippen LogP contribution >= 0.6 is 0 Å². The van der Waals surface area contributed by atoms with Crippen LogP contribution in [-0.4, -0.2) is 27.8 Å². The molecule has 0 saturated heterocycles. The van der Waals surface area contributed by atoms with Crippen LogP contribution in [0.1, 0.15) is 52.9 Å². The highest BCUT2D eigenvalue weighted by atomic mass is 32.2. The first kappa shape index (κ1) is 14.2. The zero-order valence-electron chi connectivity index (χ0n) is 11.0. The lowest BCUT2D eigenvalue weighted by Crippen LogP contribution is -2.39. The van der Waals surface area contributed by atoms with Gasteiger partial charge < -0.3 is 5.32 Å². The van der Waals surface area contributed by atoms with E-state index >= 15 is 0 Å². The van der Waals surface area contributed by atoms with Crippen molar-refractivity contribution in [2.24, 2.45) is 5.92 Å². The van der Waals surface area contributed by atoms with Gasteiger partial charge in [0, 0.05) is 27.8 Å². The van der Waals surface area contributed by atoms with E-state index < -0.39 is 10.8 Å². The van der Waals surface area contributed by atoms with Gasteiger partial charge in [0.2, 0.25) is 0 Å². The first-order valence-electron chi connectivity index (χ1n) is 6.77. The average molecular weight is 245 g/mol. The molecule has 4 atom stereocenters. The van der Waals surface area contributed by atoms with E-state index in [1.165, 1.54) is 25.7 Å². The molecule has 3 heteroatoms. The zero-order chi connectivity index (χ0) is 12.0. The van der Waals surface area contributed by atoms with Crippen LogP contribution < -0.4 is 5.32 Å². The van der Waals surface area contributed by atoms with E-state index in [9.17, 15) is 4.21 Å². The zero-order valence-corrected chi connectivity index (χ0v) is 11.8. The van der Waals surface area contributed by atoms with Crippen molar-refractivity contribution in [1.29, 1.82) is 0 Å². The molecule has 1 fully saturated rings. The van der Waals surface area contributed by atoms with Gasteiger partial charge in [0.05, 0.1) is 0 Å². The highest BCUT2D eigenvalue weighted by Crippen LogP contribution is 2.23. The molecule has 1 rings (SSSR count). The summed E-state index contributed by atoms with van der Waals surface area (Å²) in [6, 6.07) is 0.614. The third-order valence-electron chi connectivity index (χ3n) is 3.73. The molecule has 0 aliphatic heterocycles. The summed E-state index contributed by atoms with van der Waals surface area (Å²) in [6.07, 6.45) is 6.05. The molecule has 1 aliphatic rings. The summed E-state index contributed by atoms with van der Waals surface area (Å²) in [7, 11) is -0.590. The maximum absolute atomic E-state index is 11.8. The third-order valence-corrected chi connectivity index (χ3v) is 5.48. The van der Waals surface area contributed by atoms with E-state index in [1.54, 1.807) is 0 Å². The maximum Gasteiger partial charge on any atom is 0.0362 e. The Morgan fingerprint density at radius 2 is 2.12 bits per heavy atom. The minimum atomic E-state index is -0.590. The summed E-state index contributed by atoms with van der Waals surface area (Å²) in [5.41, 5.74) is 0. The van der Waals surface area contributed by atoms with E-state index in [1.807, 2.05) is 6.92 Å². The second-order valence-electron chi connectivity index (χ2n) is 5.08. The summed E-state index contributed by atoms with van der Waals surface area (Å²) in [6.45, 7) is 7.68. The van der Waals surface area contributed by atoms with Crippen molar-refractivity contribution in [3.8, 4) is 0 Å². The highest BCUT2D eigenvalue weighted by Gasteiger charge is 2.25. The predicted octanol–water partition coefficient (Wildman–Crippen LogP) is 2.70. The van der Waals surface area contributed by atoms with Crippen molar-refractivity contribution in [2.75, 3.05) is 12.3 Å². The molecular weight excluding hydrogens is 218 g/mol. The standard InChI is InChI=1S/C13H27NOS/c1-4-11(3)10-14-12-7-6-8-13(9-12)16(15)5-2/h11-14H,4-10H2,1-3H3. The molecular formula is C13H27NOS. The van der Waals surface area contributed by atoms with E-state index in [0.29, 0.717) is 11.3 Å². The topological polar surface area (TPSA) is 29.1 Å². The molecule has 0 heterocycles. The molecule has 96 valence electrons. The lowest BCUT2D eigenvalue weighted by molar-refractivity contribution is 0.353. The summed E-state index contributed by atoms with van der Waals surface area (Å²) < 4.78 is 11.8.